The van der Waals surface area contributed by atoms with Crippen LogP contribution in [0.5, 0.6) is 0 Å². The summed E-state index contributed by atoms with van der Waals surface area (Å²) in [6.07, 6.45) is 2.88. The molecule has 0 aliphatic heterocycles. The maximum absolute atomic E-state index is 5.64. The molecule has 2 N–H and O–H groups in total. The third-order valence-electron chi connectivity index (χ3n) is 2.72. The summed E-state index contributed by atoms with van der Waals surface area (Å²) in [4.78, 5) is 0. The molecule has 1 aromatic heterocycles. The highest BCUT2D eigenvalue weighted by atomic mass is 15.3. The zero-order chi connectivity index (χ0) is 11.5. The van der Waals surface area contributed by atoms with Gasteiger partial charge in [-0.05, 0) is 24.9 Å². The largest absolute Gasteiger partial charge is 0.330 e. The van der Waals surface area contributed by atoms with Gasteiger partial charge >= 0.3 is 0 Å². The fourth-order valence-corrected chi connectivity index (χ4v) is 1.89. The number of nitrogens with zero attached hydrogens (tertiary/aromatic N) is 2. The van der Waals surface area contributed by atoms with Gasteiger partial charge in [0.1, 0.15) is 0 Å². The van der Waals surface area contributed by atoms with Gasteiger partial charge < -0.3 is 5.73 Å². The number of hydrogen-bond acceptors (Lipinski definition) is 2. The molecule has 0 aliphatic rings. The monoisotopic (exact) mass is 209 g/mol. The van der Waals surface area contributed by atoms with Gasteiger partial charge in [-0.3, -0.25) is 4.68 Å². The molecule has 0 unspecified atom stereocenters. The second-order valence-corrected chi connectivity index (χ2v) is 5.21. The zero-order valence-corrected chi connectivity index (χ0v) is 10.3. The van der Waals surface area contributed by atoms with Gasteiger partial charge in [-0.15, -0.1) is 0 Å². The maximum Gasteiger partial charge on any atom is 0.0492 e. The summed E-state index contributed by atoms with van der Waals surface area (Å²) in [6.45, 7) is 10.6. The van der Waals surface area contributed by atoms with Crippen molar-refractivity contribution in [2.45, 2.75) is 46.1 Å². The fourth-order valence-electron chi connectivity index (χ4n) is 1.89. The normalized spacial score (nSPS) is 12.4. The Morgan fingerprint density at radius 1 is 1.47 bits per heavy atom. The summed E-state index contributed by atoms with van der Waals surface area (Å²) in [6, 6.07) is 2.11. The second kappa shape index (κ2) is 4.79. The van der Waals surface area contributed by atoms with E-state index in [0.29, 0.717) is 5.92 Å². The van der Waals surface area contributed by atoms with Crippen LogP contribution in [0.4, 0.5) is 0 Å². The molecule has 0 bridgehead atoms. The Balaban J connectivity index is 2.88. The lowest BCUT2D eigenvalue weighted by atomic mass is 9.85. The molecule has 0 aliphatic carbocycles. The van der Waals surface area contributed by atoms with Crippen LogP contribution in [0.25, 0.3) is 0 Å². The van der Waals surface area contributed by atoms with E-state index in [1.165, 1.54) is 5.69 Å². The molecule has 15 heavy (non-hydrogen) atoms. The summed E-state index contributed by atoms with van der Waals surface area (Å²) >= 11 is 0. The number of nitrogens with two attached hydrogens (primary N) is 1. The molecule has 1 rings (SSSR count). The third-order valence-corrected chi connectivity index (χ3v) is 2.72. The van der Waals surface area contributed by atoms with E-state index in [1.54, 1.807) is 0 Å². The minimum Gasteiger partial charge on any atom is -0.330 e. The Kier molecular flexibility index (Phi) is 3.91. The van der Waals surface area contributed by atoms with Crippen molar-refractivity contribution in [3.63, 3.8) is 0 Å². The lowest BCUT2D eigenvalue weighted by Gasteiger charge is -2.25. The average Bonchev–Trinajstić information content (AvgIpc) is 2.51. The number of rotatable bonds is 5. The molecule has 0 fully saturated rings. The molecule has 86 valence electrons. The van der Waals surface area contributed by atoms with E-state index in [9.17, 15) is 0 Å². The van der Waals surface area contributed by atoms with Crippen molar-refractivity contribution in [2.75, 3.05) is 6.54 Å². The van der Waals surface area contributed by atoms with Crippen LogP contribution >= 0.6 is 0 Å². The van der Waals surface area contributed by atoms with Crippen molar-refractivity contribution < 1.29 is 0 Å². The van der Waals surface area contributed by atoms with Crippen LogP contribution in [-0.2, 0) is 12.0 Å². The molecule has 3 heteroatoms. The lowest BCUT2D eigenvalue weighted by molar-refractivity contribution is 0.398. The first-order chi connectivity index (χ1) is 6.97. The second-order valence-electron chi connectivity index (χ2n) is 5.21. The molecule has 1 aromatic rings. The van der Waals surface area contributed by atoms with Crippen molar-refractivity contribution in [1.82, 2.24) is 9.78 Å². The van der Waals surface area contributed by atoms with E-state index in [2.05, 4.69) is 43.5 Å². The molecule has 0 spiro atoms. The van der Waals surface area contributed by atoms with E-state index in [-0.39, 0.29) is 5.41 Å². The predicted molar refractivity (Wildman–Crippen MR) is 63.8 cm³/mol. The minimum atomic E-state index is 0.125. The minimum absolute atomic E-state index is 0.125. The quantitative estimate of drug-likeness (QED) is 0.807. The fraction of sp³-hybridized carbons (Fsp3) is 0.750. The summed E-state index contributed by atoms with van der Waals surface area (Å²) in [5, 5.41) is 4.38. The van der Waals surface area contributed by atoms with Gasteiger partial charge in [-0.1, -0.05) is 27.7 Å². The van der Waals surface area contributed by atoms with Crippen molar-refractivity contribution in [2.24, 2.45) is 11.7 Å². The molecule has 0 radical (unpaired) electrons. The van der Waals surface area contributed by atoms with E-state index in [1.807, 2.05) is 6.20 Å². The molecule has 0 aromatic carbocycles. The van der Waals surface area contributed by atoms with Crippen LogP contribution < -0.4 is 5.73 Å². The van der Waals surface area contributed by atoms with Gasteiger partial charge in [-0.25, -0.2) is 0 Å². The van der Waals surface area contributed by atoms with Crippen molar-refractivity contribution >= 4 is 0 Å². The van der Waals surface area contributed by atoms with Crippen LogP contribution in [0, 0.1) is 5.92 Å². The van der Waals surface area contributed by atoms with Crippen LogP contribution in [0.2, 0.25) is 0 Å². The Morgan fingerprint density at radius 3 is 2.67 bits per heavy atom. The number of hydrogen-bond donors (Lipinski definition) is 1. The van der Waals surface area contributed by atoms with Crippen LogP contribution in [0.1, 0.15) is 39.8 Å². The van der Waals surface area contributed by atoms with Crippen LogP contribution in [0.3, 0.4) is 0 Å². The Morgan fingerprint density at radius 2 is 2.13 bits per heavy atom. The van der Waals surface area contributed by atoms with Crippen molar-refractivity contribution in [3.05, 3.63) is 18.0 Å². The SMILES string of the molecule is CC(C)Cn1nccc1C(C)(C)CCN. The highest BCUT2D eigenvalue weighted by Gasteiger charge is 2.23. The van der Waals surface area contributed by atoms with Gasteiger partial charge in [0.2, 0.25) is 0 Å². The first-order valence-corrected chi connectivity index (χ1v) is 5.69. The summed E-state index contributed by atoms with van der Waals surface area (Å²) in [5.41, 5.74) is 7.06. The van der Waals surface area contributed by atoms with Gasteiger partial charge in [0.05, 0.1) is 0 Å². The zero-order valence-electron chi connectivity index (χ0n) is 10.3. The first kappa shape index (κ1) is 12.2. The standard InChI is InChI=1S/C12H23N3/c1-10(2)9-15-11(5-8-14-15)12(3,4)6-7-13/h5,8,10H,6-7,9,13H2,1-4H3. The summed E-state index contributed by atoms with van der Waals surface area (Å²) in [5.74, 6) is 0.623. The molecule has 0 atom stereocenters. The van der Waals surface area contributed by atoms with E-state index in [0.717, 1.165) is 19.5 Å². The Labute approximate surface area is 92.7 Å². The van der Waals surface area contributed by atoms with Crippen LogP contribution in [0.15, 0.2) is 12.3 Å². The Bertz CT molecular complexity index is 300. The first-order valence-electron chi connectivity index (χ1n) is 5.69. The summed E-state index contributed by atoms with van der Waals surface area (Å²) < 4.78 is 2.11. The average molecular weight is 209 g/mol. The Hall–Kier alpha value is -0.830. The molecule has 0 amide bonds. The van der Waals surface area contributed by atoms with Gasteiger partial charge in [0, 0.05) is 23.9 Å². The molecule has 0 saturated heterocycles. The van der Waals surface area contributed by atoms with E-state index >= 15 is 0 Å². The molecule has 3 nitrogen and oxygen atoms in total. The predicted octanol–water partition coefficient (Wildman–Crippen LogP) is 2.17. The highest BCUT2D eigenvalue weighted by molar-refractivity contribution is 5.13. The third kappa shape index (κ3) is 3.06. The van der Waals surface area contributed by atoms with Gasteiger partial charge in [0.25, 0.3) is 0 Å². The van der Waals surface area contributed by atoms with E-state index < -0.39 is 0 Å². The van der Waals surface area contributed by atoms with Crippen molar-refractivity contribution in [3.8, 4) is 0 Å². The maximum atomic E-state index is 5.64. The van der Waals surface area contributed by atoms with Crippen LogP contribution in [-0.4, -0.2) is 16.3 Å². The number of aromatic nitrogens is 2. The van der Waals surface area contributed by atoms with Crippen molar-refractivity contribution in [1.29, 1.82) is 0 Å². The lowest BCUT2D eigenvalue weighted by Crippen LogP contribution is -2.26. The highest BCUT2D eigenvalue weighted by Crippen LogP contribution is 2.26. The van der Waals surface area contributed by atoms with Gasteiger partial charge in [-0.2, -0.15) is 5.10 Å². The summed E-state index contributed by atoms with van der Waals surface area (Å²) in [7, 11) is 0. The topological polar surface area (TPSA) is 43.8 Å². The smallest absolute Gasteiger partial charge is 0.0492 e. The van der Waals surface area contributed by atoms with Gasteiger partial charge in [0.15, 0.2) is 0 Å². The molecular formula is C12H23N3. The molecular weight excluding hydrogens is 186 g/mol. The van der Waals surface area contributed by atoms with E-state index in [4.69, 9.17) is 5.73 Å². The molecule has 1 heterocycles. The molecule has 0 saturated carbocycles.